The summed E-state index contributed by atoms with van der Waals surface area (Å²) in [5.74, 6) is 0.782. The maximum Gasteiger partial charge on any atom is 0.322 e. The molecular formula is C27H26ClN3O2. The van der Waals surface area contributed by atoms with Gasteiger partial charge >= 0.3 is 6.03 Å². The Morgan fingerprint density at radius 2 is 1.85 bits per heavy atom. The lowest BCUT2D eigenvalue weighted by Crippen LogP contribution is -2.43. The van der Waals surface area contributed by atoms with E-state index in [-0.39, 0.29) is 12.1 Å². The lowest BCUT2D eigenvalue weighted by Gasteiger charge is -2.36. The average Bonchev–Trinajstić information content (AvgIpc) is 3.18. The van der Waals surface area contributed by atoms with Gasteiger partial charge in [-0.05, 0) is 85.0 Å². The van der Waals surface area contributed by atoms with Crippen LogP contribution in [0, 0.1) is 13.8 Å². The number of anilines is 1. The first-order valence-electron chi connectivity index (χ1n) is 11.0. The number of rotatable bonds is 3. The van der Waals surface area contributed by atoms with Crippen molar-refractivity contribution in [3.8, 4) is 5.75 Å². The van der Waals surface area contributed by atoms with Crippen molar-refractivity contribution in [2.75, 3.05) is 19.0 Å². The number of aromatic nitrogens is 1. The summed E-state index contributed by atoms with van der Waals surface area (Å²) in [5, 5.41) is 4.93. The first-order chi connectivity index (χ1) is 15.9. The first-order valence-corrected chi connectivity index (χ1v) is 11.4. The van der Waals surface area contributed by atoms with Crippen molar-refractivity contribution < 1.29 is 9.53 Å². The Morgan fingerprint density at radius 3 is 2.58 bits per heavy atom. The van der Waals surface area contributed by atoms with Gasteiger partial charge in [0.25, 0.3) is 0 Å². The molecule has 168 valence electrons. The van der Waals surface area contributed by atoms with Gasteiger partial charge in [0.15, 0.2) is 0 Å². The van der Waals surface area contributed by atoms with Crippen LogP contribution in [0.5, 0.6) is 5.75 Å². The van der Waals surface area contributed by atoms with Crippen LogP contribution < -0.4 is 10.1 Å². The molecule has 5 rings (SSSR count). The fraction of sp³-hybridized carbons (Fsp3) is 0.222. The molecule has 0 fully saturated rings. The van der Waals surface area contributed by atoms with Crippen LogP contribution in [0.1, 0.15) is 34.0 Å². The summed E-state index contributed by atoms with van der Waals surface area (Å²) >= 11 is 6.30. The van der Waals surface area contributed by atoms with E-state index in [0.29, 0.717) is 11.6 Å². The number of halogens is 1. The minimum Gasteiger partial charge on any atom is -0.497 e. The van der Waals surface area contributed by atoms with Gasteiger partial charge in [-0.3, -0.25) is 0 Å². The highest BCUT2D eigenvalue weighted by molar-refractivity contribution is 6.31. The molecule has 5 nitrogen and oxygen atoms in total. The van der Waals surface area contributed by atoms with Crippen LogP contribution in [0.3, 0.4) is 0 Å². The smallest absolute Gasteiger partial charge is 0.322 e. The molecule has 0 bridgehead atoms. The Hall–Kier alpha value is -3.44. The number of ether oxygens (including phenoxy) is 1. The molecule has 6 heteroatoms. The minimum atomic E-state index is -0.252. The van der Waals surface area contributed by atoms with E-state index < -0.39 is 0 Å². The highest BCUT2D eigenvalue weighted by Gasteiger charge is 2.34. The van der Waals surface area contributed by atoms with Gasteiger partial charge < -0.3 is 19.9 Å². The summed E-state index contributed by atoms with van der Waals surface area (Å²) in [7, 11) is 1.65. The van der Waals surface area contributed by atoms with E-state index in [1.165, 1.54) is 11.1 Å². The molecule has 1 atom stereocenters. The molecule has 1 unspecified atom stereocenters. The quantitative estimate of drug-likeness (QED) is 0.361. The molecule has 2 heterocycles. The van der Waals surface area contributed by atoms with E-state index in [2.05, 4.69) is 17.2 Å². The zero-order chi connectivity index (χ0) is 23.1. The van der Waals surface area contributed by atoms with Gasteiger partial charge in [-0.1, -0.05) is 29.8 Å². The third-order valence-corrected chi connectivity index (χ3v) is 6.77. The number of benzene rings is 3. The van der Waals surface area contributed by atoms with Crippen molar-refractivity contribution in [3.63, 3.8) is 0 Å². The molecule has 4 aromatic rings. The summed E-state index contributed by atoms with van der Waals surface area (Å²) in [6.07, 6.45) is 0.753. The molecule has 1 aromatic heterocycles. The monoisotopic (exact) mass is 459 g/mol. The lowest BCUT2D eigenvalue weighted by molar-refractivity contribution is 0.193. The largest absolute Gasteiger partial charge is 0.497 e. The molecular weight excluding hydrogens is 434 g/mol. The summed E-state index contributed by atoms with van der Waals surface area (Å²) in [6, 6.07) is 19.4. The molecule has 0 aliphatic carbocycles. The second-order valence-corrected chi connectivity index (χ2v) is 8.99. The average molecular weight is 460 g/mol. The van der Waals surface area contributed by atoms with Crippen molar-refractivity contribution in [2.45, 2.75) is 26.3 Å². The highest BCUT2D eigenvalue weighted by atomic mass is 35.5. The van der Waals surface area contributed by atoms with E-state index >= 15 is 0 Å². The molecule has 0 saturated carbocycles. The Labute approximate surface area is 198 Å². The number of fused-ring (bicyclic) bond motifs is 3. The molecule has 1 aliphatic rings. The number of hydrogen-bond donors (Lipinski definition) is 2. The van der Waals surface area contributed by atoms with Crippen LogP contribution in [0.25, 0.3) is 10.9 Å². The number of carbonyl (C=O) groups is 1. The van der Waals surface area contributed by atoms with Gasteiger partial charge in [-0.15, -0.1) is 0 Å². The number of H-pyrrole nitrogens is 1. The highest BCUT2D eigenvalue weighted by Crippen LogP contribution is 2.39. The van der Waals surface area contributed by atoms with Crippen LogP contribution in [-0.4, -0.2) is 29.6 Å². The topological polar surface area (TPSA) is 57.4 Å². The summed E-state index contributed by atoms with van der Waals surface area (Å²) < 4.78 is 5.35. The molecule has 2 amide bonds. The zero-order valence-electron chi connectivity index (χ0n) is 18.9. The van der Waals surface area contributed by atoms with Gasteiger partial charge in [0.05, 0.1) is 13.2 Å². The molecule has 33 heavy (non-hydrogen) atoms. The van der Waals surface area contributed by atoms with E-state index in [4.69, 9.17) is 16.3 Å². The molecule has 0 spiro atoms. The van der Waals surface area contributed by atoms with Crippen molar-refractivity contribution in [1.82, 2.24) is 9.88 Å². The molecule has 0 saturated heterocycles. The molecule has 3 aromatic carbocycles. The fourth-order valence-corrected chi connectivity index (χ4v) is 4.80. The SMILES string of the molecule is COc1ccc(C2c3[nH]c4ccc(Cl)cc4c3CCN2C(=O)Nc2ccc(C)c(C)c2)cc1. The third kappa shape index (κ3) is 3.93. The Bertz CT molecular complexity index is 1340. The zero-order valence-corrected chi connectivity index (χ0v) is 19.7. The summed E-state index contributed by atoms with van der Waals surface area (Å²) in [6.45, 7) is 4.71. The number of aromatic amines is 1. The lowest BCUT2D eigenvalue weighted by atomic mass is 9.92. The Balaban J connectivity index is 1.57. The van der Waals surface area contributed by atoms with E-state index in [1.54, 1.807) is 7.11 Å². The number of urea groups is 1. The predicted molar refractivity (Wildman–Crippen MR) is 133 cm³/mol. The summed E-state index contributed by atoms with van der Waals surface area (Å²) in [4.78, 5) is 19.0. The second-order valence-electron chi connectivity index (χ2n) is 8.56. The van der Waals surface area contributed by atoms with Crippen molar-refractivity contribution >= 4 is 34.2 Å². The maximum atomic E-state index is 13.5. The van der Waals surface area contributed by atoms with Crippen LogP contribution >= 0.6 is 11.6 Å². The van der Waals surface area contributed by atoms with E-state index in [0.717, 1.165) is 45.6 Å². The molecule has 0 radical (unpaired) electrons. The van der Waals surface area contributed by atoms with Crippen LogP contribution in [0.15, 0.2) is 60.7 Å². The van der Waals surface area contributed by atoms with Gasteiger partial charge in [0, 0.05) is 33.9 Å². The Morgan fingerprint density at radius 1 is 1.06 bits per heavy atom. The number of carbonyl (C=O) groups excluding carboxylic acids is 1. The number of hydrogen-bond acceptors (Lipinski definition) is 2. The number of methoxy groups -OCH3 is 1. The normalized spacial score (nSPS) is 15.4. The van der Waals surface area contributed by atoms with Crippen molar-refractivity contribution in [1.29, 1.82) is 0 Å². The van der Waals surface area contributed by atoms with E-state index in [9.17, 15) is 4.79 Å². The van der Waals surface area contributed by atoms with Crippen molar-refractivity contribution in [2.24, 2.45) is 0 Å². The van der Waals surface area contributed by atoms with Crippen LogP contribution in [0.2, 0.25) is 5.02 Å². The standard InChI is InChI=1S/C27H26ClN3O2/c1-16-4-8-20(14-17(16)2)29-27(32)31-13-12-22-23-15-19(28)7-11-24(23)30-25(22)26(31)18-5-9-21(33-3)10-6-18/h4-11,14-15,26,30H,12-13H2,1-3H3,(H,29,32). The first kappa shape index (κ1) is 21.4. The fourth-order valence-electron chi connectivity index (χ4n) is 4.63. The second kappa shape index (κ2) is 8.49. The van der Waals surface area contributed by atoms with Crippen LogP contribution in [0.4, 0.5) is 10.5 Å². The van der Waals surface area contributed by atoms with Crippen molar-refractivity contribution in [3.05, 3.63) is 93.6 Å². The number of nitrogens with zero attached hydrogens (tertiary/aromatic N) is 1. The van der Waals surface area contributed by atoms with Gasteiger partial charge in [-0.2, -0.15) is 0 Å². The van der Waals surface area contributed by atoms with Crippen LogP contribution in [-0.2, 0) is 6.42 Å². The maximum absolute atomic E-state index is 13.5. The van der Waals surface area contributed by atoms with Gasteiger partial charge in [0.1, 0.15) is 5.75 Å². The van der Waals surface area contributed by atoms with E-state index in [1.807, 2.05) is 72.5 Å². The number of amides is 2. The minimum absolute atomic E-state index is 0.124. The third-order valence-electron chi connectivity index (χ3n) is 6.54. The summed E-state index contributed by atoms with van der Waals surface area (Å²) in [5.41, 5.74) is 7.42. The number of aryl methyl sites for hydroxylation is 2. The Kier molecular flexibility index (Phi) is 5.51. The van der Waals surface area contributed by atoms with Gasteiger partial charge in [0.2, 0.25) is 0 Å². The predicted octanol–water partition coefficient (Wildman–Crippen LogP) is 6.63. The molecule has 1 aliphatic heterocycles. The van der Waals surface area contributed by atoms with Gasteiger partial charge in [-0.25, -0.2) is 4.79 Å². The number of nitrogens with one attached hydrogen (secondary N) is 2. The molecule has 2 N–H and O–H groups in total.